The molecule has 0 aliphatic heterocycles. The highest BCUT2D eigenvalue weighted by molar-refractivity contribution is 5.65. The Balaban J connectivity index is 3.28. The van der Waals surface area contributed by atoms with Gasteiger partial charge in [0.05, 0.1) is 4.92 Å². The molecule has 0 bridgehead atoms. The van der Waals surface area contributed by atoms with Crippen LogP contribution in [0.5, 0.6) is 0 Å². The summed E-state index contributed by atoms with van der Waals surface area (Å²) < 4.78 is 0. The molecule has 1 aromatic carbocycles. The highest BCUT2D eigenvalue weighted by atomic mass is 16.6. The lowest BCUT2D eigenvalue weighted by molar-refractivity contribution is -0.385. The van der Waals surface area contributed by atoms with Crippen molar-refractivity contribution >= 4 is 12.0 Å². The molecule has 0 aliphatic carbocycles. The lowest BCUT2D eigenvalue weighted by Gasteiger charge is -2.07. The SMILES string of the molecule is CCc1ccc([N+](=O)[O-])c(C(C)C=O)c1. The van der Waals surface area contributed by atoms with E-state index in [-0.39, 0.29) is 5.69 Å². The molecule has 1 aromatic rings. The number of hydrogen-bond acceptors (Lipinski definition) is 3. The van der Waals surface area contributed by atoms with Gasteiger partial charge in [-0.15, -0.1) is 0 Å². The maximum atomic E-state index is 10.7. The maximum absolute atomic E-state index is 10.7. The Morgan fingerprint density at radius 2 is 2.20 bits per heavy atom. The van der Waals surface area contributed by atoms with Crippen molar-refractivity contribution in [3.63, 3.8) is 0 Å². The summed E-state index contributed by atoms with van der Waals surface area (Å²) in [5.41, 5.74) is 1.52. The van der Waals surface area contributed by atoms with E-state index in [9.17, 15) is 14.9 Å². The minimum absolute atomic E-state index is 0.0202. The van der Waals surface area contributed by atoms with Crippen LogP contribution in [0, 0.1) is 10.1 Å². The number of nitro benzene ring substituents is 1. The van der Waals surface area contributed by atoms with Crippen molar-refractivity contribution in [2.45, 2.75) is 26.2 Å². The summed E-state index contributed by atoms with van der Waals surface area (Å²) in [5.74, 6) is -0.433. The predicted molar refractivity (Wildman–Crippen MR) is 57.0 cm³/mol. The van der Waals surface area contributed by atoms with Crippen LogP contribution < -0.4 is 0 Å². The zero-order chi connectivity index (χ0) is 11.4. The van der Waals surface area contributed by atoms with Crippen molar-refractivity contribution in [3.05, 3.63) is 39.4 Å². The zero-order valence-corrected chi connectivity index (χ0v) is 8.77. The number of carbonyl (C=O) groups is 1. The Labute approximate surface area is 88.1 Å². The molecule has 0 fully saturated rings. The van der Waals surface area contributed by atoms with Crippen LogP contribution in [0.4, 0.5) is 5.69 Å². The monoisotopic (exact) mass is 207 g/mol. The highest BCUT2D eigenvalue weighted by Gasteiger charge is 2.18. The Hall–Kier alpha value is -1.71. The maximum Gasteiger partial charge on any atom is 0.273 e. The van der Waals surface area contributed by atoms with Crippen LogP contribution in [0.1, 0.15) is 30.9 Å². The minimum Gasteiger partial charge on any atom is -0.303 e. The summed E-state index contributed by atoms with van der Waals surface area (Å²) in [6.45, 7) is 3.63. The molecule has 15 heavy (non-hydrogen) atoms. The molecule has 0 aromatic heterocycles. The minimum atomic E-state index is -0.450. The Morgan fingerprint density at radius 1 is 1.53 bits per heavy atom. The molecule has 1 atom stereocenters. The van der Waals surface area contributed by atoms with Crippen LogP contribution in [0.2, 0.25) is 0 Å². The van der Waals surface area contributed by atoms with Gasteiger partial charge in [0.25, 0.3) is 5.69 Å². The largest absolute Gasteiger partial charge is 0.303 e. The van der Waals surface area contributed by atoms with E-state index < -0.39 is 10.8 Å². The Bertz CT molecular complexity index is 387. The van der Waals surface area contributed by atoms with Crippen LogP contribution >= 0.6 is 0 Å². The molecule has 0 radical (unpaired) electrons. The number of aryl methyl sites for hydroxylation is 1. The number of nitro groups is 1. The molecule has 4 nitrogen and oxygen atoms in total. The first kappa shape index (κ1) is 11.4. The fraction of sp³-hybridized carbons (Fsp3) is 0.364. The average molecular weight is 207 g/mol. The molecule has 0 N–H and O–H groups in total. The normalized spacial score (nSPS) is 12.1. The Morgan fingerprint density at radius 3 is 2.67 bits per heavy atom. The standard InChI is InChI=1S/C11H13NO3/c1-3-9-4-5-11(12(14)15)10(6-9)8(2)7-13/h4-8H,3H2,1-2H3. The predicted octanol–water partition coefficient (Wildman–Crippen LogP) is 2.46. The van der Waals surface area contributed by atoms with E-state index in [1.54, 1.807) is 19.1 Å². The molecule has 0 spiro atoms. The number of hydrogen-bond donors (Lipinski definition) is 0. The van der Waals surface area contributed by atoms with Crippen molar-refractivity contribution in [2.75, 3.05) is 0 Å². The van der Waals surface area contributed by atoms with Gasteiger partial charge < -0.3 is 4.79 Å². The first-order valence-electron chi connectivity index (χ1n) is 4.82. The van der Waals surface area contributed by atoms with E-state index in [1.807, 2.05) is 6.92 Å². The van der Waals surface area contributed by atoms with E-state index in [2.05, 4.69) is 0 Å². The first-order valence-corrected chi connectivity index (χ1v) is 4.82. The van der Waals surface area contributed by atoms with Gasteiger partial charge in [-0.1, -0.05) is 19.9 Å². The van der Waals surface area contributed by atoms with Crippen molar-refractivity contribution < 1.29 is 9.72 Å². The number of aldehydes is 1. The second kappa shape index (κ2) is 4.68. The fourth-order valence-corrected chi connectivity index (χ4v) is 1.43. The van der Waals surface area contributed by atoms with Gasteiger partial charge >= 0.3 is 0 Å². The van der Waals surface area contributed by atoms with Gasteiger partial charge in [-0.3, -0.25) is 10.1 Å². The quantitative estimate of drug-likeness (QED) is 0.433. The number of nitrogens with zero attached hydrogens (tertiary/aromatic N) is 1. The van der Waals surface area contributed by atoms with E-state index in [4.69, 9.17) is 0 Å². The van der Waals surface area contributed by atoms with Gasteiger partial charge in [0.1, 0.15) is 6.29 Å². The van der Waals surface area contributed by atoms with Gasteiger partial charge in [0, 0.05) is 17.5 Å². The summed E-state index contributed by atoms with van der Waals surface area (Å²) >= 11 is 0. The molecule has 80 valence electrons. The van der Waals surface area contributed by atoms with Crippen LogP contribution in [-0.4, -0.2) is 11.2 Å². The molecule has 1 unspecified atom stereocenters. The molecule has 0 saturated carbocycles. The average Bonchev–Trinajstić information content (AvgIpc) is 2.26. The molecule has 0 aliphatic rings. The van der Waals surface area contributed by atoms with Crippen molar-refractivity contribution in [2.24, 2.45) is 0 Å². The number of carbonyl (C=O) groups excluding carboxylic acids is 1. The van der Waals surface area contributed by atoms with Gasteiger partial charge in [0.2, 0.25) is 0 Å². The fourth-order valence-electron chi connectivity index (χ4n) is 1.43. The van der Waals surface area contributed by atoms with E-state index in [0.29, 0.717) is 5.56 Å². The topological polar surface area (TPSA) is 60.2 Å². The van der Waals surface area contributed by atoms with Gasteiger partial charge in [0.15, 0.2) is 0 Å². The zero-order valence-electron chi connectivity index (χ0n) is 8.77. The van der Waals surface area contributed by atoms with E-state index in [1.165, 1.54) is 6.07 Å². The van der Waals surface area contributed by atoms with Gasteiger partial charge in [-0.2, -0.15) is 0 Å². The number of rotatable bonds is 4. The molecule has 0 saturated heterocycles. The van der Waals surface area contributed by atoms with E-state index in [0.717, 1.165) is 18.3 Å². The summed E-state index contributed by atoms with van der Waals surface area (Å²) in [5, 5.41) is 10.7. The van der Waals surface area contributed by atoms with Gasteiger partial charge in [-0.05, 0) is 18.1 Å². The van der Waals surface area contributed by atoms with E-state index >= 15 is 0 Å². The Kier molecular flexibility index (Phi) is 3.55. The molecule has 4 heteroatoms. The third-order valence-electron chi connectivity index (χ3n) is 2.39. The van der Waals surface area contributed by atoms with Crippen molar-refractivity contribution in [1.82, 2.24) is 0 Å². The smallest absolute Gasteiger partial charge is 0.273 e. The molecule has 0 heterocycles. The van der Waals surface area contributed by atoms with Gasteiger partial charge in [-0.25, -0.2) is 0 Å². The molecular weight excluding hydrogens is 194 g/mol. The third kappa shape index (κ3) is 2.40. The molecule has 0 amide bonds. The highest BCUT2D eigenvalue weighted by Crippen LogP contribution is 2.26. The van der Waals surface area contributed by atoms with Crippen LogP contribution in [-0.2, 0) is 11.2 Å². The van der Waals surface area contributed by atoms with Crippen LogP contribution in [0.25, 0.3) is 0 Å². The summed E-state index contributed by atoms with van der Waals surface area (Å²) in [4.78, 5) is 20.9. The third-order valence-corrected chi connectivity index (χ3v) is 2.39. The summed E-state index contributed by atoms with van der Waals surface area (Å²) in [7, 11) is 0. The summed E-state index contributed by atoms with van der Waals surface area (Å²) in [6, 6.07) is 4.92. The molecule has 1 rings (SSSR count). The first-order chi connectivity index (χ1) is 7.10. The number of benzene rings is 1. The molecular formula is C11H13NO3. The second-order valence-corrected chi connectivity index (χ2v) is 3.43. The van der Waals surface area contributed by atoms with Crippen LogP contribution in [0.15, 0.2) is 18.2 Å². The second-order valence-electron chi connectivity index (χ2n) is 3.43. The summed E-state index contributed by atoms with van der Waals surface area (Å²) in [6.07, 6.45) is 1.53. The lowest BCUT2D eigenvalue weighted by Crippen LogP contribution is -2.01. The van der Waals surface area contributed by atoms with Crippen molar-refractivity contribution in [3.8, 4) is 0 Å². The van der Waals surface area contributed by atoms with Crippen molar-refractivity contribution in [1.29, 1.82) is 0 Å². The van der Waals surface area contributed by atoms with Crippen LogP contribution in [0.3, 0.4) is 0 Å². The lowest BCUT2D eigenvalue weighted by atomic mass is 9.97.